The summed E-state index contributed by atoms with van der Waals surface area (Å²) in [6, 6.07) is 19.8. The summed E-state index contributed by atoms with van der Waals surface area (Å²) in [5.74, 6) is -2.04. The van der Waals surface area contributed by atoms with E-state index in [2.05, 4.69) is 25.9 Å². The van der Waals surface area contributed by atoms with Crippen molar-refractivity contribution in [2.45, 2.75) is 18.4 Å². The fourth-order valence-electron chi connectivity index (χ4n) is 5.88. The first-order chi connectivity index (χ1) is 20.9. The fraction of sp³-hybridized carbons (Fsp3) is 0.188. The predicted octanol–water partition coefficient (Wildman–Crippen LogP) is 5.07. The number of aromatic nitrogens is 5. The molecule has 5 aromatic rings. The van der Waals surface area contributed by atoms with E-state index in [1.165, 1.54) is 24.3 Å². The van der Waals surface area contributed by atoms with E-state index in [0.29, 0.717) is 65.6 Å². The molecule has 43 heavy (non-hydrogen) atoms. The topological polar surface area (TPSA) is 123 Å². The number of aromatic amines is 1. The van der Waals surface area contributed by atoms with Crippen LogP contribution in [0.1, 0.15) is 33.6 Å². The molecular weight excluding hydrogens is 554 g/mol. The van der Waals surface area contributed by atoms with Gasteiger partial charge in [-0.3, -0.25) is 9.59 Å². The van der Waals surface area contributed by atoms with Crippen LogP contribution in [0.3, 0.4) is 0 Å². The van der Waals surface area contributed by atoms with Crippen LogP contribution in [0.25, 0.3) is 33.9 Å². The zero-order chi connectivity index (χ0) is 29.6. The van der Waals surface area contributed by atoms with Crippen LogP contribution in [0.4, 0.5) is 8.78 Å². The minimum absolute atomic E-state index is 0.242. The van der Waals surface area contributed by atoms with Gasteiger partial charge in [-0.25, -0.2) is 13.8 Å². The van der Waals surface area contributed by atoms with Crippen LogP contribution >= 0.6 is 0 Å². The standard InChI is InChI=1S/C32H24F2N6O3/c33-22-6-1-18(2-7-22)25-16-21(17-26(36-25)19-3-8-23(34)9-4-19)29(41)28-30(42)24-15-20(31-37-39-40-38-31)5-10-27(24)43-32(28)11-13-35-14-12-32/h1-10,15-17,28,35H,11-14H2,(H,37,38,39,40)/t28-/m1/s1. The SMILES string of the molecule is O=C(c1cc(-c2ccc(F)cc2)nc(-c2ccc(F)cc2)c1)[C@@H]1C(=O)c2cc(-c3nn[nH]n3)ccc2OC12CCNCC2. The number of benzene rings is 3. The number of hydrogen-bond donors (Lipinski definition) is 2. The lowest BCUT2D eigenvalue weighted by Crippen LogP contribution is -2.58. The average molecular weight is 579 g/mol. The number of carbonyl (C=O) groups is 2. The van der Waals surface area contributed by atoms with Crippen LogP contribution in [-0.4, -0.2) is 55.9 Å². The lowest BCUT2D eigenvalue weighted by atomic mass is 9.70. The average Bonchev–Trinajstić information content (AvgIpc) is 3.57. The van der Waals surface area contributed by atoms with Crippen LogP contribution in [0, 0.1) is 17.6 Å². The molecule has 0 aliphatic carbocycles. The molecule has 9 nitrogen and oxygen atoms in total. The van der Waals surface area contributed by atoms with E-state index in [0.717, 1.165) is 0 Å². The van der Waals surface area contributed by atoms with Crippen molar-refractivity contribution in [3.8, 4) is 39.7 Å². The number of nitrogens with zero attached hydrogens (tertiary/aromatic N) is 4. The first kappa shape index (κ1) is 26.7. The van der Waals surface area contributed by atoms with Gasteiger partial charge in [0.25, 0.3) is 0 Å². The molecular formula is C32H24F2N6O3. The van der Waals surface area contributed by atoms with Crippen molar-refractivity contribution < 1.29 is 23.1 Å². The first-order valence-electron chi connectivity index (χ1n) is 13.8. The molecule has 4 heterocycles. The Morgan fingerprint density at radius 2 is 1.44 bits per heavy atom. The number of Topliss-reactive ketones (excluding diaryl/α,β-unsaturated/α-hetero) is 2. The van der Waals surface area contributed by atoms with Crippen molar-refractivity contribution in [2.75, 3.05) is 13.1 Å². The summed E-state index contributed by atoms with van der Waals surface area (Å²) >= 11 is 0. The van der Waals surface area contributed by atoms with Gasteiger partial charge in [0.15, 0.2) is 11.6 Å². The number of H-pyrrole nitrogens is 1. The highest BCUT2D eigenvalue weighted by Gasteiger charge is 2.54. The van der Waals surface area contributed by atoms with Crippen LogP contribution in [-0.2, 0) is 0 Å². The van der Waals surface area contributed by atoms with Crippen molar-refractivity contribution in [3.05, 3.63) is 102 Å². The molecule has 1 atom stereocenters. The summed E-state index contributed by atoms with van der Waals surface area (Å²) < 4.78 is 34.1. The van der Waals surface area contributed by atoms with E-state index >= 15 is 0 Å². The molecule has 7 rings (SSSR count). The third-order valence-corrected chi connectivity index (χ3v) is 8.05. The largest absolute Gasteiger partial charge is 0.485 e. The van der Waals surface area contributed by atoms with Crippen LogP contribution in [0.5, 0.6) is 5.75 Å². The Kier molecular flexibility index (Phi) is 6.58. The summed E-state index contributed by atoms with van der Waals surface area (Å²) in [7, 11) is 0. The highest BCUT2D eigenvalue weighted by Crippen LogP contribution is 2.44. The number of rotatable bonds is 5. The van der Waals surface area contributed by atoms with Crippen LogP contribution in [0.2, 0.25) is 0 Å². The summed E-state index contributed by atoms with van der Waals surface area (Å²) in [5.41, 5.74) is 1.98. The molecule has 0 bridgehead atoms. The maximum Gasteiger partial charge on any atom is 0.204 e. The molecule has 2 aromatic heterocycles. The van der Waals surface area contributed by atoms with Crippen molar-refractivity contribution >= 4 is 11.6 Å². The maximum atomic E-state index is 14.6. The van der Waals surface area contributed by atoms with Crippen molar-refractivity contribution in [1.82, 2.24) is 30.9 Å². The van der Waals surface area contributed by atoms with Gasteiger partial charge >= 0.3 is 0 Å². The fourth-order valence-corrected chi connectivity index (χ4v) is 5.88. The van der Waals surface area contributed by atoms with Gasteiger partial charge < -0.3 is 10.1 Å². The monoisotopic (exact) mass is 578 g/mol. The normalized spacial score (nSPS) is 17.3. The molecule has 0 saturated carbocycles. The third-order valence-electron chi connectivity index (χ3n) is 8.05. The van der Waals surface area contributed by atoms with Gasteiger partial charge in [-0.2, -0.15) is 5.21 Å². The highest BCUT2D eigenvalue weighted by molar-refractivity contribution is 6.19. The van der Waals surface area contributed by atoms with Gasteiger partial charge in [-0.15, -0.1) is 10.2 Å². The Hall–Kier alpha value is -5.16. The lowest BCUT2D eigenvalue weighted by molar-refractivity contribution is -0.0138. The number of piperidine rings is 1. The Morgan fingerprint density at radius 3 is 2.02 bits per heavy atom. The molecule has 2 aliphatic rings. The molecule has 0 radical (unpaired) electrons. The van der Waals surface area contributed by atoms with Gasteiger partial charge in [0.2, 0.25) is 5.82 Å². The van der Waals surface area contributed by atoms with Crippen molar-refractivity contribution in [3.63, 3.8) is 0 Å². The number of ketones is 2. The van der Waals surface area contributed by atoms with Gasteiger partial charge in [0.05, 0.1) is 17.0 Å². The van der Waals surface area contributed by atoms with E-state index in [9.17, 15) is 18.4 Å². The summed E-state index contributed by atoms with van der Waals surface area (Å²) in [5, 5.41) is 17.3. The minimum Gasteiger partial charge on any atom is -0.485 e. The zero-order valence-electron chi connectivity index (χ0n) is 22.7. The molecule has 2 N–H and O–H groups in total. The molecule has 2 aliphatic heterocycles. The maximum absolute atomic E-state index is 14.6. The number of ether oxygens (including phenoxy) is 1. The third kappa shape index (κ3) is 4.87. The predicted molar refractivity (Wildman–Crippen MR) is 152 cm³/mol. The minimum atomic E-state index is -1.15. The number of tetrazole rings is 1. The van der Waals surface area contributed by atoms with Crippen molar-refractivity contribution in [2.24, 2.45) is 5.92 Å². The van der Waals surface area contributed by atoms with E-state index in [-0.39, 0.29) is 16.9 Å². The Labute approximate surface area is 244 Å². The number of carbonyl (C=O) groups excluding carboxylic acids is 2. The van der Waals surface area contributed by atoms with Crippen molar-refractivity contribution in [1.29, 1.82) is 0 Å². The zero-order valence-corrected chi connectivity index (χ0v) is 22.7. The molecule has 3 aromatic carbocycles. The van der Waals surface area contributed by atoms with E-state index < -0.39 is 28.9 Å². The molecule has 1 saturated heterocycles. The second-order valence-electron chi connectivity index (χ2n) is 10.7. The van der Waals surface area contributed by atoms with Gasteiger partial charge in [-0.05, 0) is 97.2 Å². The molecule has 214 valence electrons. The number of fused-ring (bicyclic) bond motifs is 1. The molecule has 0 amide bonds. The highest BCUT2D eigenvalue weighted by atomic mass is 19.1. The Bertz CT molecular complexity index is 1770. The van der Waals surface area contributed by atoms with Gasteiger partial charge in [0.1, 0.15) is 28.9 Å². The Balaban J connectivity index is 1.36. The van der Waals surface area contributed by atoms with E-state index in [1.807, 2.05) is 0 Å². The molecule has 0 unspecified atom stereocenters. The summed E-state index contributed by atoms with van der Waals surface area (Å²) in [6.45, 7) is 1.15. The number of nitrogens with one attached hydrogen (secondary N) is 2. The quantitative estimate of drug-likeness (QED) is 0.219. The second-order valence-corrected chi connectivity index (χ2v) is 10.7. The van der Waals surface area contributed by atoms with Crippen LogP contribution in [0.15, 0.2) is 78.9 Å². The number of halogens is 2. The van der Waals surface area contributed by atoms with E-state index in [1.54, 1.807) is 54.6 Å². The molecule has 11 heteroatoms. The number of hydrogen-bond acceptors (Lipinski definition) is 8. The van der Waals surface area contributed by atoms with Crippen LogP contribution < -0.4 is 10.1 Å². The summed E-state index contributed by atoms with van der Waals surface area (Å²) in [4.78, 5) is 33.6. The van der Waals surface area contributed by atoms with E-state index in [4.69, 9.17) is 9.72 Å². The number of pyridine rings is 1. The van der Waals surface area contributed by atoms with Gasteiger partial charge in [-0.1, -0.05) is 0 Å². The van der Waals surface area contributed by atoms with Gasteiger partial charge in [0, 0.05) is 35.1 Å². The molecule has 1 fully saturated rings. The smallest absolute Gasteiger partial charge is 0.204 e. The molecule has 1 spiro atoms. The Morgan fingerprint density at radius 1 is 0.837 bits per heavy atom. The second kappa shape index (κ2) is 10.6. The first-order valence-corrected chi connectivity index (χ1v) is 13.8. The summed E-state index contributed by atoms with van der Waals surface area (Å²) in [6.07, 6.45) is 0.893. The lowest BCUT2D eigenvalue weighted by Gasteiger charge is -2.45.